The molecule has 140 valence electrons. The maximum atomic E-state index is 12.0. The van der Waals surface area contributed by atoms with E-state index in [1.165, 1.54) is 5.39 Å². The largest absolute Gasteiger partial charge is 0.492 e. The molecule has 0 aromatic heterocycles. The Morgan fingerprint density at radius 1 is 0.926 bits per heavy atom. The molecule has 0 heterocycles. The molecule has 3 aromatic rings. The van der Waals surface area contributed by atoms with E-state index in [2.05, 4.69) is 31.3 Å². The number of carbonyl (C=O) groups excluding carboxylic acids is 1. The van der Waals surface area contributed by atoms with Crippen molar-refractivity contribution in [3.8, 4) is 11.5 Å². The van der Waals surface area contributed by atoms with Gasteiger partial charge in [-0.15, -0.1) is 0 Å². The van der Waals surface area contributed by atoms with Gasteiger partial charge in [0, 0.05) is 0 Å². The fraction of sp³-hybridized carbons (Fsp3) is 0.261. The smallest absolute Gasteiger partial charge is 0.258 e. The van der Waals surface area contributed by atoms with Crippen LogP contribution < -0.4 is 14.8 Å². The van der Waals surface area contributed by atoms with Gasteiger partial charge < -0.3 is 14.8 Å². The lowest BCUT2D eigenvalue weighted by Gasteiger charge is -2.14. The highest BCUT2D eigenvalue weighted by atomic mass is 16.5. The number of amides is 1. The highest BCUT2D eigenvalue weighted by Gasteiger charge is 2.09. The minimum atomic E-state index is -0.157. The van der Waals surface area contributed by atoms with Gasteiger partial charge in [0.1, 0.15) is 18.1 Å². The number of hydrogen-bond acceptors (Lipinski definition) is 3. The first-order valence-electron chi connectivity index (χ1n) is 9.23. The SMILES string of the molecule is CC(C)c1ccccc1OCC(=O)NCCOc1ccc2ccccc2c1. The van der Waals surface area contributed by atoms with Gasteiger partial charge in [-0.25, -0.2) is 0 Å². The maximum Gasteiger partial charge on any atom is 0.258 e. The summed E-state index contributed by atoms with van der Waals surface area (Å²) in [4.78, 5) is 12.0. The molecule has 0 saturated carbocycles. The van der Waals surface area contributed by atoms with Gasteiger partial charge in [0.15, 0.2) is 6.61 Å². The van der Waals surface area contributed by atoms with Crippen LogP contribution in [0.15, 0.2) is 66.7 Å². The van der Waals surface area contributed by atoms with Crippen LogP contribution in [0.1, 0.15) is 25.3 Å². The predicted molar refractivity (Wildman–Crippen MR) is 108 cm³/mol. The molecular weight excluding hydrogens is 338 g/mol. The molecule has 27 heavy (non-hydrogen) atoms. The number of hydrogen-bond donors (Lipinski definition) is 1. The van der Waals surface area contributed by atoms with Crippen molar-refractivity contribution in [3.05, 3.63) is 72.3 Å². The number of carbonyl (C=O) groups is 1. The summed E-state index contributed by atoms with van der Waals surface area (Å²) in [7, 11) is 0. The molecule has 0 aliphatic carbocycles. The summed E-state index contributed by atoms with van der Waals surface area (Å²) in [6.07, 6.45) is 0. The molecule has 1 N–H and O–H groups in total. The van der Waals surface area contributed by atoms with E-state index >= 15 is 0 Å². The topological polar surface area (TPSA) is 47.6 Å². The lowest BCUT2D eigenvalue weighted by atomic mass is 10.0. The average Bonchev–Trinajstić information content (AvgIpc) is 2.69. The molecule has 0 spiro atoms. The minimum absolute atomic E-state index is 0.000290. The highest BCUT2D eigenvalue weighted by Crippen LogP contribution is 2.25. The maximum absolute atomic E-state index is 12.0. The Morgan fingerprint density at radius 2 is 1.67 bits per heavy atom. The Morgan fingerprint density at radius 3 is 2.48 bits per heavy atom. The minimum Gasteiger partial charge on any atom is -0.492 e. The molecule has 0 fully saturated rings. The zero-order chi connectivity index (χ0) is 19.1. The van der Waals surface area contributed by atoms with E-state index in [9.17, 15) is 4.79 Å². The number of para-hydroxylation sites is 1. The standard InChI is InChI=1S/C23H25NO3/c1-17(2)21-9-5-6-10-22(21)27-16-23(25)24-13-14-26-20-12-11-18-7-3-4-8-19(18)15-20/h3-12,15,17H,13-14,16H2,1-2H3,(H,24,25). The second-order valence-corrected chi connectivity index (χ2v) is 6.69. The highest BCUT2D eigenvalue weighted by molar-refractivity contribution is 5.83. The lowest BCUT2D eigenvalue weighted by Crippen LogP contribution is -2.32. The van der Waals surface area contributed by atoms with Gasteiger partial charge in [0.05, 0.1) is 6.54 Å². The second kappa shape index (κ2) is 9.08. The molecule has 3 aromatic carbocycles. The van der Waals surface area contributed by atoms with Crippen LogP contribution in [0.5, 0.6) is 11.5 Å². The molecule has 4 heteroatoms. The van der Waals surface area contributed by atoms with Crippen LogP contribution >= 0.6 is 0 Å². The first kappa shape index (κ1) is 18.8. The van der Waals surface area contributed by atoms with Gasteiger partial charge in [0.2, 0.25) is 0 Å². The number of ether oxygens (including phenoxy) is 2. The quantitative estimate of drug-likeness (QED) is 0.598. The zero-order valence-corrected chi connectivity index (χ0v) is 15.8. The molecule has 4 nitrogen and oxygen atoms in total. The second-order valence-electron chi connectivity index (χ2n) is 6.69. The van der Waals surface area contributed by atoms with Crippen LogP contribution in [0, 0.1) is 0 Å². The summed E-state index contributed by atoms with van der Waals surface area (Å²) in [6.45, 7) is 5.05. The van der Waals surface area contributed by atoms with E-state index in [0.717, 1.165) is 22.4 Å². The van der Waals surface area contributed by atoms with E-state index in [-0.39, 0.29) is 12.5 Å². The van der Waals surface area contributed by atoms with Crippen molar-refractivity contribution in [2.75, 3.05) is 19.8 Å². The fourth-order valence-electron chi connectivity index (χ4n) is 2.90. The monoisotopic (exact) mass is 363 g/mol. The fourth-order valence-corrected chi connectivity index (χ4v) is 2.90. The predicted octanol–water partition coefficient (Wildman–Crippen LogP) is 4.54. The molecule has 0 atom stereocenters. The third-order valence-corrected chi connectivity index (χ3v) is 4.31. The molecule has 0 bridgehead atoms. The Kier molecular flexibility index (Phi) is 6.31. The first-order valence-corrected chi connectivity index (χ1v) is 9.23. The Bertz CT molecular complexity index is 905. The van der Waals surface area contributed by atoms with Crippen LogP contribution in [-0.2, 0) is 4.79 Å². The number of rotatable bonds is 8. The van der Waals surface area contributed by atoms with Crippen LogP contribution in [0.25, 0.3) is 10.8 Å². The third-order valence-electron chi connectivity index (χ3n) is 4.31. The van der Waals surface area contributed by atoms with Gasteiger partial charge in [-0.3, -0.25) is 4.79 Å². The van der Waals surface area contributed by atoms with Crippen LogP contribution in [-0.4, -0.2) is 25.7 Å². The molecular formula is C23H25NO3. The van der Waals surface area contributed by atoms with Crippen molar-refractivity contribution < 1.29 is 14.3 Å². The van der Waals surface area contributed by atoms with Gasteiger partial charge in [-0.05, 0) is 40.5 Å². The lowest BCUT2D eigenvalue weighted by molar-refractivity contribution is -0.123. The Hall–Kier alpha value is -3.01. The summed E-state index contributed by atoms with van der Waals surface area (Å²) in [5, 5.41) is 5.13. The van der Waals surface area contributed by atoms with Crippen molar-refractivity contribution in [2.45, 2.75) is 19.8 Å². The molecule has 1 amide bonds. The normalized spacial score (nSPS) is 10.8. The van der Waals surface area contributed by atoms with Gasteiger partial charge in [-0.1, -0.05) is 62.4 Å². The molecule has 0 saturated heterocycles. The van der Waals surface area contributed by atoms with E-state index in [0.29, 0.717) is 19.1 Å². The third kappa shape index (κ3) is 5.23. The number of nitrogens with one attached hydrogen (secondary N) is 1. The van der Waals surface area contributed by atoms with Crippen molar-refractivity contribution in [3.63, 3.8) is 0 Å². The zero-order valence-electron chi connectivity index (χ0n) is 15.8. The summed E-state index contributed by atoms with van der Waals surface area (Å²) in [5.74, 6) is 1.75. The van der Waals surface area contributed by atoms with E-state index in [1.54, 1.807) is 0 Å². The average molecular weight is 363 g/mol. The number of fused-ring (bicyclic) bond motifs is 1. The van der Waals surface area contributed by atoms with Crippen molar-refractivity contribution >= 4 is 16.7 Å². The molecule has 3 rings (SSSR count). The van der Waals surface area contributed by atoms with Gasteiger partial charge >= 0.3 is 0 Å². The van der Waals surface area contributed by atoms with Crippen LogP contribution in [0.2, 0.25) is 0 Å². The Balaban J connectivity index is 1.42. The van der Waals surface area contributed by atoms with Gasteiger partial charge in [0.25, 0.3) is 5.91 Å². The Labute approximate surface area is 160 Å². The molecule has 0 aliphatic heterocycles. The molecule has 0 unspecified atom stereocenters. The van der Waals surface area contributed by atoms with Gasteiger partial charge in [-0.2, -0.15) is 0 Å². The van der Waals surface area contributed by atoms with E-state index < -0.39 is 0 Å². The van der Waals surface area contributed by atoms with Crippen molar-refractivity contribution in [1.29, 1.82) is 0 Å². The van der Waals surface area contributed by atoms with Crippen molar-refractivity contribution in [1.82, 2.24) is 5.32 Å². The van der Waals surface area contributed by atoms with Crippen molar-refractivity contribution in [2.24, 2.45) is 0 Å². The summed E-state index contributed by atoms with van der Waals surface area (Å²) >= 11 is 0. The van der Waals surface area contributed by atoms with E-state index in [4.69, 9.17) is 9.47 Å². The summed E-state index contributed by atoms with van der Waals surface area (Å²) in [5.41, 5.74) is 1.10. The number of benzene rings is 3. The summed E-state index contributed by atoms with van der Waals surface area (Å²) < 4.78 is 11.4. The van der Waals surface area contributed by atoms with E-state index in [1.807, 2.05) is 54.6 Å². The first-order chi connectivity index (χ1) is 13.1. The molecule has 0 radical (unpaired) electrons. The van der Waals surface area contributed by atoms with Crippen LogP contribution in [0.3, 0.4) is 0 Å². The summed E-state index contributed by atoms with van der Waals surface area (Å²) in [6, 6.07) is 21.9. The van der Waals surface area contributed by atoms with Crippen LogP contribution in [0.4, 0.5) is 0 Å². The molecule has 0 aliphatic rings.